The Balaban J connectivity index is 2.34. The van der Waals surface area contributed by atoms with E-state index < -0.39 is 0 Å². The van der Waals surface area contributed by atoms with Crippen LogP contribution in [0, 0.1) is 5.82 Å². The van der Waals surface area contributed by atoms with E-state index in [-0.39, 0.29) is 5.82 Å². The van der Waals surface area contributed by atoms with E-state index in [0.717, 1.165) is 11.9 Å². The average molecular weight is 212 g/mol. The molecule has 2 heterocycles. The van der Waals surface area contributed by atoms with Crippen molar-refractivity contribution in [3.63, 3.8) is 0 Å². The first-order chi connectivity index (χ1) is 6.79. The fraction of sp³-hybridized carbons (Fsp3) is 0.111. The Kier molecular flexibility index (Phi) is 2.45. The lowest BCUT2D eigenvalue weighted by atomic mass is 10.2. The quantitative estimate of drug-likeness (QED) is 0.775. The molecule has 0 radical (unpaired) electrons. The predicted octanol–water partition coefficient (Wildman–Crippen LogP) is 2.35. The van der Waals surface area contributed by atoms with Crippen molar-refractivity contribution in [2.24, 2.45) is 0 Å². The second-order valence-corrected chi connectivity index (χ2v) is 3.04. The molecule has 0 aliphatic carbocycles. The van der Waals surface area contributed by atoms with Gasteiger partial charge in [-0.25, -0.2) is 4.39 Å². The lowest BCUT2D eigenvalue weighted by Crippen LogP contribution is -1.84. The molecular weight excluding hydrogens is 205 g/mol. The topological polar surface area (TPSA) is 41.6 Å². The molecular formula is C9H7ClFN3. The summed E-state index contributed by atoms with van der Waals surface area (Å²) in [5, 5.41) is 6.75. The van der Waals surface area contributed by atoms with Gasteiger partial charge in [-0.15, -0.1) is 11.6 Å². The number of rotatable bonds is 2. The molecule has 0 amide bonds. The Bertz CT molecular complexity index is 424. The van der Waals surface area contributed by atoms with Crippen LogP contribution >= 0.6 is 11.6 Å². The van der Waals surface area contributed by atoms with Gasteiger partial charge in [-0.1, -0.05) is 0 Å². The molecule has 1 N–H and O–H groups in total. The summed E-state index contributed by atoms with van der Waals surface area (Å²) in [6, 6.07) is 4.70. The molecule has 2 aromatic heterocycles. The van der Waals surface area contributed by atoms with Crippen LogP contribution in [-0.4, -0.2) is 15.2 Å². The third kappa shape index (κ3) is 1.75. The highest BCUT2D eigenvalue weighted by Gasteiger charge is 2.04. The fourth-order valence-corrected chi connectivity index (χ4v) is 1.23. The van der Waals surface area contributed by atoms with Gasteiger partial charge in [0.1, 0.15) is 11.5 Å². The number of aromatic nitrogens is 3. The van der Waals surface area contributed by atoms with E-state index in [9.17, 15) is 4.39 Å². The van der Waals surface area contributed by atoms with E-state index in [2.05, 4.69) is 15.2 Å². The van der Waals surface area contributed by atoms with Crippen LogP contribution < -0.4 is 0 Å². The summed E-state index contributed by atoms with van der Waals surface area (Å²) in [7, 11) is 0. The molecule has 14 heavy (non-hydrogen) atoms. The smallest absolute Gasteiger partial charge is 0.141 e. The van der Waals surface area contributed by atoms with Gasteiger partial charge in [-0.3, -0.25) is 10.1 Å². The maximum atomic E-state index is 12.6. The zero-order chi connectivity index (χ0) is 9.97. The summed E-state index contributed by atoms with van der Waals surface area (Å²) in [4.78, 5) is 3.90. The van der Waals surface area contributed by atoms with Crippen LogP contribution in [0.25, 0.3) is 11.4 Å². The highest BCUT2D eigenvalue weighted by Crippen LogP contribution is 2.15. The molecule has 5 heteroatoms. The highest BCUT2D eigenvalue weighted by atomic mass is 35.5. The van der Waals surface area contributed by atoms with Crippen LogP contribution in [0.2, 0.25) is 0 Å². The van der Waals surface area contributed by atoms with Crippen molar-refractivity contribution in [3.05, 3.63) is 35.9 Å². The van der Waals surface area contributed by atoms with E-state index in [0.29, 0.717) is 17.3 Å². The molecule has 0 aliphatic heterocycles. The lowest BCUT2D eigenvalue weighted by molar-refractivity contribution is 0.622. The van der Waals surface area contributed by atoms with Crippen LogP contribution in [0.3, 0.4) is 0 Å². The molecule has 3 nitrogen and oxygen atoms in total. The monoisotopic (exact) mass is 211 g/mol. The average Bonchev–Trinajstić information content (AvgIpc) is 2.67. The van der Waals surface area contributed by atoms with E-state index in [1.165, 1.54) is 6.07 Å². The van der Waals surface area contributed by atoms with Gasteiger partial charge in [-0.05, 0) is 18.2 Å². The third-order valence-electron chi connectivity index (χ3n) is 1.76. The van der Waals surface area contributed by atoms with Crippen molar-refractivity contribution < 1.29 is 4.39 Å². The molecule has 0 aliphatic rings. The summed E-state index contributed by atoms with van der Waals surface area (Å²) in [6.07, 6.45) is 1.16. The number of alkyl halides is 1. The third-order valence-corrected chi connectivity index (χ3v) is 2.05. The predicted molar refractivity (Wildman–Crippen MR) is 51.3 cm³/mol. The summed E-state index contributed by atoms with van der Waals surface area (Å²) in [5.41, 5.74) is 2.10. The minimum Gasteiger partial charge on any atom is -0.281 e. The van der Waals surface area contributed by atoms with Crippen molar-refractivity contribution >= 4 is 11.6 Å². The van der Waals surface area contributed by atoms with Gasteiger partial charge in [0.2, 0.25) is 0 Å². The maximum absolute atomic E-state index is 12.6. The second kappa shape index (κ2) is 3.75. The number of H-pyrrole nitrogens is 1. The van der Waals surface area contributed by atoms with Gasteiger partial charge >= 0.3 is 0 Å². The number of aromatic amines is 1. The largest absolute Gasteiger partial charge is 0.281 e. The molecule has 2 rings (SSSR count). The normalized spacial score (nSPS) is 10.4. The summed E-state index contributed by atoms with van der Waals surface area (Å²) in [6.45, 7) is 0. The Hall–Kier alpha value is -1.42. The van der Waals surface area contributed by atoms with E-state index in [1.54, 1.807) is 12.1 Å². The fourth-order valence-electron chi connectivity index (χ4n) is 1.09. The first-order valence-electron chi connectivity index (χ1n) is 4.02. The first kappa shape index (κ1) is 9.15. The molecule has 0 fully saturated rings. The number of halogens is 2. The van der Waals surface area contributed by atoms with E-state index in [1.807, 2.05) is 0 Å². The molecule has 0 saturated carbocycles. The molecule has 0 aromatic carbocycles. The van der Waals surface area contributed by atoms with Crippen LogP contribution in [0.5, 0.6) is 0 Å². The molecule has 0 saturated heterocycles. The summed E-state index contributed by atoms with van der Waals surface area (Å²) < 4.78 is 12.6. The Morgan fingerprint density at radius 3 is 2.79 bits per heavy atom. The number of pyridine rings is 1. The van der Waals surface area contributed by atoms with Crippen molar-refractivity contribution in [1.82, 2.24) is 15.2 Å². The van der Waals surface area contributed by atoms with Crippen LogP contribution in [-0.2, 0) is 5.88 Å². The van der Waals surface area contributed by atoms with Crippen molar-refractivity contribution in [3.8, 4) is 11.4 Å². The molecule has 0 spiro atoms. The zero-order valence-electron chi connectivity index (χ0n) is 7.17. The van der Waals surface area contributed by atoms with Gasteiger partial charge in [0.05, 0.1) is 23.5 Å². The Labute approximate surface area is 84.9 Å². The Morgan fingerprint density at radius 1 is 1.36 bits per heavy atom. The highest BCUT2D eigenvalue weighted by molar-refractivity contribution is 6.16. The second-order valence-electron chi connectivity index (χ2n) is 2.77. The number of hydrogen-bond donors (Lipinski definition) is 1. The number of hydrogen-bond acceptors (Lipinski definition) is 2. The molecule has 0 bridgehead atoms. The van der Waals surface area contributed by atoms with Crippen molar-refractivity contribution in [2.45, 2.75) is 5.88 Å². The van der Waals surface area contributed by atoms with E-state index in [4.69, 9.17) is 11.6 Å². The molecule has 0 unspecified atom stereocenters. The number of nitrogens with one attached hydrogen (secondary N) is 1. The minimum atomic E-state index is -0.359. The summed E-state index contributed by atoms with van der Waals surface area (Å²) in [5.74, 6) is 0.00984. The minimum absolute atomic E-state index is 0.359. The maximum Gasteiger partial charge on any atom is 0.141 e. The lowest BCUT2D eigenvalue weighted by Gasteiger charge is -1.93. The number of nitrogens with zero attached hydrogens (tertiary/aromatic N) is 2. The molecule has 2 aromatic rings. The Morgan fingerprint density at radius 2 is 2.21 bits per heavy atom. The zero-order valence-corrected chi connectivity index (χ0v) is 7.92. The van der Waals surface area contributed by atoms with Crippen molar-refractivity contribution in [2.75, 3.05) is 0 Å². The van der Waals surface area contributed by atoms with Crippen molar-refractivity contribution in [1.29, 1.82) is 0 Å². The van der Waals surface area contributed by atoms with Gasteiger partial charge in [0, 0.05) is 0 Å². The van der Waals surface area contributed by atoms with Crippen LogP contribution in [0.1, 0.15) is 5.69 Å². The SMILES string of the molecule is Fc1ccc(-c2cc(CCl)[nH]n2)nc1. The van der Waals surface area contributed by atoms with Gasteiger partial charge in [0.25, 0.3) is 0 Å². The molecule has 72 valence electrons. The van der Waals surface area contributed by atoms with Gasteiger partial charge < -0.3 is 0 Å². The van der Waals surface area contributed by atoms with Crippen LogP contribution in [0.15, 0.2) is 24.4 Å². The standard InChI is InChI=1S/C9H7ClFN3/c10-4-7-3-9(14-13-7)8-2-1-6(11)5-12-8/h1-3,5H,4H2,(H,13,14). The van der Waals surface area contributed by atoms with Gasteiger partial charge in [0.15, 0.2) is 0 Å². The first-order valence-corrected chi connectivity index (χ1v) is 4.55. The van der Waals surface area contributed by atoms with Gasteiger partial charge in [-0.2, -0.15) is 5.10 Å². The van der Waals surface area contributed by atoms with Crippen LogP contribution in [0.4, 0.5) is 4.39 Å². The summed E-state index contributed by atoms with van der Waals surface area (Å²) >= 11 is 5.60. The molecule has 0 atom stereocenters. The van der Waals surface area contributed by atoms with E-state index >= 15 is 0 Å².